The Balaban J connectivity index is 1.98. The van der Waals surface area contributed by atoms with Gasteiger partial charge in [0.2, 0.25) is 0 Å². The Bertz CT molecular complexity index is 913. The van der Waals surface area contributed by atoms with E-state index in [0.717, 1.165) is 5.56 Å². The average molecular weight is 429 g/mol. The van der Waals surface area contributed by atoms with E-state index in [0.29, 0.717) is 6.42 Å². The van der Waals surface area contributed by atoms with E-state index in [4.69, 9.17) is 20.9 Å². The molecule has 0 heterocycles. The number of non-ortho nitro benzene ring substituents is 1. The summed E-state index contributed by atoms with van der Waals surface area (Å²) in [7, 11) is 0. The smallest absolute Gasteiger partial charge is 0.408 e. The van der Waals surface area contributed by atoms with Crippen LogP contribution in [0.5, 0.6) is 5.75 Å². The highest BCUT2D eigenvalue weighted by Gasteiger charge is 2.23. The maximum Gasteiger partial charge on any atom is 0.408 e. The number of hydrogen-bond acceptors (Lipinski definition) is 7. The zero-order valence-electron chi connectivity index (χ0n) is 16.6. The van der Waals surface area contributed by atoms with Gasteiger partial charge in [-0.1, -0.05) is 30.3 Å². The molecule has 0 aliphatic carbocycles. The number of esters is 1. The number of nitrogens with zero attached hydrogens (tertiary/aromatic N) is 2. The molecule has 11 heteroatoms. The number of nitro groups is 1. The minimum Gasteiger partial charge on any atom is -0.445 e. The predicted molar refractivity (Wildman–Crippen MR) is 112 cm³/mol. The van der Waals surface area contributed by atoms with Crippen LogP contribution in [0.3, 0.4) is 0 Å². The molecule has 2 rings (SSSR count). The molecular formula is C20H23N5O6. The van der Waals surface area contributed by atoms with Gasteiger partial charge in [0, 0.05) is 18.7 Å². The second-order valence-corrected chi connectivity index (χ2v) is 6.38. The van der Waals surface area contributed by atoms with E-state index in [1.165, 1.54) is 24.3 Å². The summed E-state index contributed by atoms with van der Waals surface area (Å²) in [6.07, 6.45) is -0.226. The van der Waals surface area contributed by atoms with Crippen molar-refractivity contribution in [1.29, 1.82) is 0 Å². The molecule has 164 valence electrons. The van der Waals surface area contributed by atoms with Gasteiger partial charge in [0.05, 0.1) is 4.92 Å². The molecule has 0 radical (unpaired) electrons. The van der Waals surface area contributed by atoms with Crippen LogP contribution in [0.4, 0.5) is 10.5 Å². The topological polar surface area (TPSA) is 172 Å². The standard InChI is InChI=1S/C20H23N5O6/c21-19(22)23-12-4-7-17(24-20(27)30-13-14-5-2-1-3-6-14)18(26)31-16-10-8-15(9-11-16)25(28)29/h1-3,5-6,8-11,17H,4,7,12-13H2,(H,24,27)(H4,21,22,23)/t17-/m0/s1. The van der Waals surface area contributed by atoms with Gasteiger partial charge in [-0.25, -0.2) is 9.59 Å². The SMILES string of the molecule is NC(N)=NCCC[C@H](NC(=O)OCc1ccccc1)C(=O)Oc1ccc([N+](=O)[O-])cc1. The molecule has 0 saturated heterocycles. The third-order valence-corrected chi connectivity index (χ3v) is 4.00. The third-order valence-electron chi connectivity index (χ3n) is 4.00. The lowest BCUT2D eigenvalue weighted by molar-refractivity contribution is -0.384. The Morgan fingerprint density at radius 2 is 1.77 bits per heavy atom. The molecule has 0 unspecified atom stereocenters. The number of hydrogen-bond donors (Lipinski definition) is 3. The van der Waals surface area contributed by atoms with E-state index in [1.54, 1.807) is 12.1 Å². The van der Waals surface area contributed by atoms with Gasteiger partial charge in [-0.3, -0.25) is 15.1 Å². The van der Waals surface area contributed by atoms with Crippen LogP contribution in [0.15, 0.2) is 59.6 Å². The molecule has 0 fully saturated rings. The molecule has 31 heavy (non-hydrogen) atoms. The quantitative estimate of drug-likeness (QED) is 0.0976. The third kappa shape index (κ3) is 8.40. The Morgan fingerprint density at radius 1 is 1.10 bits per heavy atom. The molecule has 0 bridgehead atoms. The number of carbonyl (C=O) groups excluding carboxylic acids is 2. The van der Waals surface area contributed by atoms with Gasteiger partial charge in [-0.2, -0.15) is 0 Å². The van der Waals surface area contributed by atoms with Crippen molar-refractivity contribution < 1.29 is 24.0 Å². The van der Waals surface area contributed by atoms with Crippen LogP contribution in [0.25, 0.3) is 0 Å². The summed E-state index contributed by atoms with van der Waals surface area (Å²) in [5, 5.41) is 13.2. The van der Waals surface area contributed by atoms with E-state index >= 15 is 0 Å². The summed E-state index contributed by atoms with van der Waals surface area (Å²) in [5.41, 5.74) is 11.2. The van der Waals surface area contributed by atoms with Crippen LogP contribution < -0.4 is 21.5 Å². The van der Waals surface area contributed by atoms with Gasteiger partial charge in [0.15, 0.2) is 5.96 Å². The maximum absolute atomic E-state index is 12.6. The molecule has 0 aliphatic heterocycles. The molecule has 5 N–H and O–H groups in total. The first-order valence-electron chi connectivity index (χ1n) is 9.34. The Kier molecular flexibility index (Phi) is 8.77. The van der Waals surface area contributed by atoms with Crippen molar-refractivity contribution in [2.75, 3.05) is 6.54 Å². The lowest BCUT2D eigenvalue weighted by Gasteiger charge is -2.17. The Hall–Kier alpha value is -4.15. The van der Waals surface area contributed by atoms with Crippen molar-refractivity contribution in [3.63, 3.8) is 0 Å². The van der Waals surface area contributed by atoms with E-state index in [2.05, 4.69) is 10.3 Å². The highest BCUT2D eigenvalue weighted by molar-refractivity contribution is 5.83. The van der Waals surface area contributed by atoms with E-state index in [9.17, 15) is 19.7 Å². The normalized spacial score (nSPS) is 11.1. The summed E-state index contributed by atoms with van der Waals surface area (Å²) in [6, 6.07) is 13.0. The van der Waals surface area contributed by atoms with Crippen molar-refractivity contribution in [3.8, 4) is 5.75 Å². The van der Waals surface area contributed by atoms with Crippen molar-refractivity contribution in [2.24, 2.45) is 16.5 Å². The number of rotatable bonds is 10. The Labute approximate surface area is 178 Å². The molecule has 0 saturated carbocycles. The fourth-order valence-electron chi connectivity index (χ4n) is 2.48. The van der Waals surface area contributed by atoms with Crippen LogP contribution >= 0.6 is 0 Å². The number of guanidine groups is 1. The molecule has 2 aromatic rings. The van der Waals surface area contributed by atoms with Crippen LogP contribution in [0.2, 0.25) is 0 Å². The fraction of sp³-hybridized carbons (Fsp3) is 0.250. The first-order chi connectivity index (χ1) is 14.8. The molecular weight excluding hydrogens is 406 g/mol. The lowest BCUT2D eigenvalue weighted by atomic mass is 10.1. The molecule has 1 atom stereocenters. The number of aliphatic imine (C=N–C) groups is 1. The minimum absolute atomic E-state index is 0.0325. The number of nitro benzene ring substituents is 1. The van der Waals surface area contributed by atoms with Crippen molar-refractivity contribution in [1.82, 2.24) is 5.32 Å². The van der Waals surface area contributed by atoms with Crippen LogP contribution in [-0.2, 0) is 16.1 Å². The van der Waals surface area contributed by atoms with Crippen LogP contribution in [0, 0.1) is 10.1 Å². The number of ether oxygens (including phenoxy) is 2. The van der Waals surface area contributed by atoms with Gasteiger partial charge in [0.25, 0.3) is 5.69 Å². The summed E-state index contributed by atoms with van der Waals surface area (Å²) < 4.78 is 10.4. The van der Waals surface area contributed by atoms with E-state index in [1.807, 2.05) is 18.2 Å². The van der Waals surface area contributed by atoms with Gasteiger partial charge >= 0.3 is 12.1 Å². The predicted octanol–water partition coefficient (Wildman–Crippen LogP) is 1.85. The molecule has 0 spiro atoms. The van der Waals surface area contributed by atoms with Gasteiger partial charge in [-0.05, 0) is 30.5 Å². The first kappa shape index (κ1) is 23.1. The first-order valence-corrected chi connectivity index (χ1v) is 9.34. The van der Waals surface area contributed by atoms with E-state index in [-0.39, 0.29) is 37.0 Å². The molecule has 0 aliphatic rings. The number of alkyl carbamates (subject to hydrolysis) is 1. The van der Waals surface area contributed by atoms with Gasteiger partial charge < -0.3 is 26.3 Å². The summed E-state index contributed by atoms with van der Waals surface area (Å²) in [4.78, 5) is 38.7. The number of carbonyl (C=O) groups is 2. The fourth-order valence-corrected chi connectivity index (χ4v) is 2.48. The van der Waals surface area contributed by atoms with Crippen LogP contribution in [-0.4, -0.2) is 35.5 Å². The highest BCUT2D eigenvalue weighted by Crippen LogP contribution is 2.18. The zero-order valence-corrected chi connectivity index (χ0v) is 16.6. The summed E-state index contributed by atoms with van der Waals surface area (Å²) in [5.74, 6) is -0.736. The molecule has 1 amide bonds. The number of nitrogens with two attached hydrogens (primary N) is 2. The largest absolute Gasteiger partial charge is 0.445 e. The second kappa shape index (κ2) is 11.8. The number of amides is 1. The van der Waals surface area contributed by atoms with Gasteiger partial charge in [-0.15, -0.1) is 0 Å². The molecule has 11 nitrogen and oxygen atoms in total. The zero-order chi connectivity index (χ0) is 22.6. The minimum atomic E-state index is -1.03. The molecule has 0 aromatic heterocycles. The lowest BCUT2D eigenvalue weighted by Crippen LogP contribution is -2.43. The highest BCUT2D eigenvalue weighted by atomic mass is 16.6. The van der Waals surface area contributed by atoms with E-state index < -0.39 is 23.0 Å². The second-order valence-electron chi connectivity index (χ2n) is 6.38. The summed E-state index contributed by atoms with van der Waals surface area (Å²) in [6.45, 7) is 0.287. The number of nitrogens with one attached hydrogen (secondary N) is 1. The summed E-state index contributed by atoms with van der Waals surface area (Å²) >= 11 is 0. The monoisotopic (exact) mass is 429 g/mol. The van der Waals surface area contributed by atoms with Gasteiger partial charge in [0.1, 0.15) is 18.4 Å². The molecule has 2 aromatic carbocycles. The average Bonchev–Trinajstić information content (AvgIpc) is 2.75. The van der Waals surface area contributed by atoms with Crippen LogP contribution in [0.1, 0.15) is 18.4 Å². The Morgan fingerprint density at radius 3 is 2.39 bits per heavy atom. The van der Waals surface area contributed by atoms with Crippen molar-refractivity contribution in [2.45, 2.75) is 25.5 Å². The van der Waals surface area contributed by atoms with Crippen molar-refractivity contribution in [3.05, 3.63) is 70.3 Å². The number of benzene rings is 2. The maximum atomic E-state index is 12.6. The van der Waals surface area contributed by atoms with Crippen molar-refractivity contribution >= 4 is 23.7 Å².